The second kappa shape index (κ2) is 5.29. The quantitative estimate of drug-likeness (QED) is 0.642. The highest BCUT2D eigenvalue weighted by molar-refractivity contribution is 5.61. The van der Waals surface area contributed by atoms with E-state index in [0.717, 1.165) is 0 Å². The molecule has 0 bridgehead atoms. The van der Waals surface area contributed by atoms with Gasteiger partial charge < -0.3 is 10.1 Å². The molecule has 2 aromatic heterocycles. The smallest absolute Gasteiger partial charge is 0.373 e. The fraction of sp³-hybridized carbons (Fsp3) is 0.300. The SMILES string of the molecule is CCn1cc(Oc2ncnc(NC)c2[N+](=O)[O-])cn1. The number of aromatic nitrogens is 4. The molecule has 0 aliphatic rings. The van der Waals surface area contributed by atoms with Crippen molar-refractivity contribution in [3.05, 3.63) is 28.8 Å². The molecular formula is C10H12N6O3. The molecule has 0 radical (unpaired) electrons. The first-order chi connectivity index (χ1) is 9.15. The number of ether oxygens (including phenoxy) is 1. The van der Waals surface area contributed by atoms with Gasteiger partial charge in [0.2, 0.25) is 5.82 Å². The van der Waals surface area contributed by atoms with E-state index in [0.29, 0.717) is 12.3 Å². The highest BCUT2D eigenvalue weighted by Gasteiger charge is 2.24. The standard InChI is InChI=1S/C10H12N6O3/c1-3-15-5-7(4-14-15)19-10-8(16(17)18)9(11-2)12-6-13-10/h4-6H,3H2,1-2H3,(H,11,12,13). The van der Waals surface area contributed by atoms with Crippen LogP contribution in [0.3, 0.4) is 0 Å². The van der Waals surface area contributed by atoms with Gasteiger partial charge in [0, 0.05) is 13.6 Å². The zero-order chi connectivity index (χ0) is 13.8. The number of nitrogens with zero attached hydrogens (tertiary/aromatic N) is 5. The molecule has 0 aromatic carbocycles. The highest BCUT2D eigenvalue weighted by Crippen LogP contribution is 2.33. The van der Waals surface area contributed by atoms with Gasteiger partial charge in [0.1, 0.15) is 6.33 Å². The Bertz CT molecular complexity index is 597. The predicted octanol–water partition coefficient (Wildman–Crippen LogP) is 1.44. The molecule has 9 nitrogen and oxygen atoms in total. The number of hydrogen-bond acceptors (Lipinski definition) is 7. The van der Waals surface area contributed by atoms with Crippen LogP contribution in [0.4, 0.5) is 11.5 Å². The molecule has 1 N–H and O–H groups in total. The fourth-order valence-corrected chi connectivity index (χ4v) is 1.47. The van der Waals surface area contributed by atoms with Gasteiger partial charge in [-0.1, -0.05) is 0 Å². The monoisotopic (exact) mass is 264 g/mol. The van der Waals surface area contributed by atoms with Gasteiger partial charge in [-0.25, -0.2) is 4.98 Å². The molecule has 2 aromatic rings. The van der Waals surface area contributed by atoms with Crippen LogP contribution < -0.4 is 10.1 Å². The number of anilines is 1. The van der Waals surface area contributed by atoms with E-state index in [-0.39, 0.29) is 17.4 Å². The van der Waals surface area contributed by atoms with Gasteiger partial charge >= 0.3 is 11.6 Å². The second-order valence-corrected chi connectivity index (χ2v) is 3.52. The van der Waals surface area contributed by atoms with E-state index in [2.05, 4.69) is 20.4 Å². The summed E-state index contributed by atoms with van der Waals surface area (Å²) in [6.45, 7) is 2.60. The van der Waals surface area contributed by atoms with Crippen LogP contribution in [0.1, 0.15) is 6.92 Å². The first-order valence-electron chi connectivity index (χ1n) is 5.53. The summed E-state index contributed by atoms with van der Waals surface area (Å²) in [5.74, 6) is 0.351. The van der Waals surface area contributed by atoms with E-state index in [1.807, 2.05) is 6.92 Å². The Balaban J connectivity index is 2.36. The van der Waals surface area contributed by atoms with Crippen molar-refractivity contribution in [1.29, 1.82) is 0 Å². The summed E-state index contributed by atoms with van der Waals surface area (Å²) >= 11 is 0. The molecule has 9 heteroatoms. The van der Waals surface area contributed by atoms with Crippen LogP contribution in [-0.4, -0.2) is 31.7 Å². The number of nitro groups is 1. The first kappa shape index (κ1) is 12.7. The minimum absolute atomic E-state index is 0.0953. The van der Waals surface area contributed by atoms with E-state index in [9.17, 15) is 10.1 Å². The summed E-state index contributed by atoms with van der Waals surface area (Å²) in [4.78, 5) is 18.0. The van der Waals surface area contributed by atoms with E-state index >= 15 is 0 Å². The molecule has 0 spiro atoms. The maximum atomic E-state index is 11.0. The van der Waals surface area contributed by atoms with E-state index in [1.54, 1.807) is 10.9 Å². The molecule has 0 fully saturated rings. The van der Waals surface area contributed by atoms with Gasteiger partial charge in [-0.05, 0) is 6.92 Å². The van der Waals surface area contributed by atoms with Gasteiger partial charge in [0.15, 0.2) is 5.75 Å². The second-order valence-electron chi connectivity index (χ2n) is 3.52. The van der Waals surface area contributed by atoms with Crippen LogP contribution in [0.5, 0.6) is 11.6 Å². The summed E-state index contributed by atoms with van der Waals surface area (Å²) in [5, 5.41) is 17.7. The van der Waals surface area contributed by atoms with Crippen LogP contribution in [0.15, 0.2) is 18.7 Å². The van der Waals surface area contributed by atoms with Gasteiger partial charge in [-0.3, -0.25) is 14.8 Å². The lowest BCUT2D eigenvalue weighted by molar-refractivity contribution is -0.385. The van der Waals surface area contributed by atoms with Crippen LogP contribution >= 0.6 is 0 Å². The van der Waals surface area contributed by atoms with Gasteiger partial charge in [0.25, 0.3) is 0 Å². The van der Waals surface area contributed by atoms with Crippen molar-refractivity contribution in [2.75, 3.05) is 12.4 Å². The average molecular weight is 264 g/mol. The minimum Gasteiger partial charge on any atom is -0.430 e. The van der Waals surface area contributed by atoms with Crippen molar-refractivity contribution in [2.24, 2.45) is 0 Å². The Morgan fingerprint density at radius 2 is 2.32 bits per heavy atom. The Morgan fingerprint density at radius 1 is 1.53 bits per heavy atom. The molecule has 0 saturated carbocycles. The topological polar surface area (TPSA) is 108 Å². The summed E-state index contributed by atoms with van der Waals surface area (Å²) in [6, 6.07) is 0. The molecular weight excluding hydrogens is 252 g/mol. The van der Waals surface area contributed by atoms with E-state index in [4.69, 9.17) is 4.74 Å². The van der Waals surface area contributed by atoms with Gasteiger partial charge in [0.05, 0.1) is 17.3 Å². The predicted molar refractivity (Wildman–Crippen MR) is 66.2 cm³/mol. The van der Waals surface area contributed by atoms with Gasteiger partial charge in [-0.15, -0.1) is 0 Å². The zero-order valence-corrected chi connectivity index (χ0v) is 10.4. The maximum Gasteiger partial charge on any atom is 0.373 e. The molecule has 0 saturated heterocycles. The number of nitrogens with one attached hydrogen (secondary N) is 1. The molecule has 0 aliphatic carbocycles. The first-order valence-corrected chi connectivity index (χ1v) is 5.53. The highest BCUT2D eigenvalue weighted by atomic mass is 16.6. The third kappa shape index (κ3) is 2.59. The van der Waals surface area contributed by atoms with E-state index in [1.165, 1.54) is 19.6 Å². The zero-order valence-electron chi connectivity index (χ0n) is 10.4. The fourth-order valence-electron chi connectivity index (χ4n) is 1.47. The summed E-state index contributed by atoms with van der Waals surface area (Å²) in [7, 11) is 1.54. The van der Waals surface area contributed by atoms with Crippen LogP contribution in [0.2, 0.25) is 0 Å². The number of aryl methyl sites for hydroxylation is 1. The molecule has 19 heavy (non-hydrogen) atoms. The van der Waals surface area contributed by atoms with Crippen molar-refractivity contribution >= 4 is 11.5 Å². The Hall–Kier alpha value is -2.71. The Labute approximate surface area is 108 Å². The van der Waals surface area contributed by atoms with Crippen molar-refractivity contribution in [3.8, 4) is 11.6 Å². The maximum absolute atomic E-state index is 11.0. The lowest BCUT2D eigenvalue weighted by Gasteiger charge is -2.05. The van der Waals surface area contributed by atoms with Crippen molar-refractivity contribution in [2.45, 2.75) is 13.5 Å². The average Bonchev–Trinajstić information content (AvgIpc) is 2.85. The van der Waals surface area contributed by atoms with Gasteiger partial charge in [-0.2, -0.15) is 10.1 Å². The molecule has 100 valence electrons. The third-order valence-electron chi connectivity index (χ3n) is 2.36. The largest absolute Gasteiger partial charge is 0.430 e. The third-order valence-corrected chi connectivity index (χ3v) is 2.36. The summed E-state index contributed by atoms with van der Waals surface area (Å²) in [5.41, 5.74) is -0.311. The molecule has 0 atom stereocenters. The minimum atomic E-state index is -0.592. The van der Waals surface area contributed by atoms with Crippen LogP contribution in [0.25, 0.3) is 0 Å². The normalized spacial score (nSPS) is 10.2. The molecule has 0 unspecified atom stereocenters. The summed E-state index contributed by atoms with van der Waals surface area (Å²) < 4.78 is 7.02. The van der Waals surface area contributed by atoms with Crippen LogP contribution in [-0.2, 0) is 6.54 Å². The van der Waals surface area contributed by atoms with Crippen molar-refractivity contribution in [3.63, 3.8) is 0 Å². The number of hydrogen-bond donors (Lipinski definition) is 1. The van der Waals surface area contributed by atoms with E-state index < -0.39 is 4.92 Å². The molecule has 0 aliphatic heterocycles. The Kier molecular flexibility index (Phi) is 3.55. The molecule has 0 amide bonds. The molecule has 2 heterocycles. The van der Waals surface area contributed by atoms with Crippen LogP contribution in [0, 0.1) is 10.1 Å². The Morgan fingerprint density at radius 3 is 2.89 bits per heavy atom. The lowest BCUT2D eigenvalue weighted by atomic mass is 10.4. The number of rotatable bonds is 5. The van der Waals surface area contributed by atoms with Crippen molar-refractivity contribution in [1.82, 2.24) is 19.7 Å². The lowest BCUT2D eigenvalue weighted by Crippen LogP contribution is -2.03. The molecule has 2 rings (SSSR count). The summed E-state index contributed by atoms with van der Waals surface area (Å²) in [6.07, 6.45) is 4.29. The van der Waals surface area contributed by atoms with Crippen molar-refractivity contribution < 1.29 is 9.66 Å².